The first kappa shape index (κ1) is 10.3. The van der Waals surface area contributed by atoms with Crippen molar-refractivity contribution in [3.8, 4) is 0 Å². The van der Waals surface area contributed by atoms with Crippen molar-refractivity contribution in [2.75, 3.05) is 31.1 Å². The first-order valence-electron chi connectivity index (χ1n) is 6.57. The molecule has 4 rings (SSSR count). The van der Waals surface area contributed by atoms with Gasteiger partial charge in [-0.25, -0.2) is 15.0 Å². The molecule has 2 fully saturated rings. The maximum Gasteiger partial charge on any atom is 0.165 e. The molecule has 1 aliphatic carbocycles. The van der Waals surface area contributed by atoms with E-state index in [1.807, 2.05) is 6.33 Å². The van der Waals surface area contributed by atoms with Crippen LogP contribution in [0, 0.1) is 0 Å². The van der Waals surface area contributed by atoms with Gasteiger partial charge in [0, 0.05) is 32.2 Å². The minimum atomic E-state index is 0.612. The lowest BCUT2D eigenvalue weighted by molar-refractivity contribution is 0.586. The van der Waals surface area contributed by atoms with E-state index in [-0.39, 0.29) is 0 Å². The second kappa shape index (κ2) is 3.91. The summed E-state index contributed by atoms with van der Waals surface area (Å²) in [6.45, 7) is 3.99. The van der Waals surface area contributed by atoms with Crippen LogP contribution in [-0.4, -0.2) is 45.7 Å². The van der Waals surface area contributed by atoms with Gasteiger partial charge in [-0.15, -0.1) is 0 Å². The molecule has 18 heavy (non-hydrogen) atoms. The number of hydrogen-bond acceptors (Lipinski definition) is 5. The van der Waals surface area contributed by atoms with Crippen molar-refractivity contribution in [1.29, 1.82) is 0 Å². The molecule has 2 aliphatic rings. The van der Waals surface area contributed by atoms with Crippen molar-refractivity contribution in [2.45, 2.75) is 18.9 Å². The van der Waals surface area contributed by atoms with Crippen molar-refractivity contribution in [1.82, 2.24) is 24.8 Å². The summed E-state index contributed by atoms with van der Waals surface area (Å²) in [6, 6.07) is 0.612. The fourth-order valence-corrected chi connectivity index (χ4v) is 2.57. The zero-order chi connectivity index (χ0) is 11.9. The van der Waals surface area contributed by atoms with Crippen LogP contribution >= 0.6 is 0 Å². The lowest BCUT2D eigenvalue weighted by Crippen LogP contribution is -2.44. The number of aromatic nitrogens is 4. The number of nitrogens with one attached hydrogen (secondary N) is 1. The summed E-state index contributed by atoms with van der Waals surface area (Å²) in [4.78, 5) is 15.7. The van der Waals surface area contributed by atoms with Gasteiger partial charge in [-0.05, 0) is 12.8 Å². The number of imidazole rings is 1. The van der Waals surface area contributed by atoms with E-state index in [0.29, 0.717) is 6.04 Å². The molecule has 0 spiro atoms. The molecular weight excluding hydrogens is 228 g/mol. The summed E-state index contributed by atoms with van der Waals surface area (Å²) < 4.78 is 2.20. The predicted molar refractivity (Wildman–Crippen MR) is 68.7 cm³/mol. The molecule has 6 heteroatoms. The van der Waals surface area contributed by atoms with Gasteiger partial charge in [0.25, 0.3) is 0 Å². The maximum atomic E-state index is 4.53. The Hall–Kier alpha value is -1.69. The van der Waals surface area contributed by atoms with Gasteiger partial charge in [-0.1, -0.05) is 0 Å². The van der Waals surface area contributed by atoms with Gasteiger partial charge in [0.05, 0.1) is 6.33 Å². The highest BCUT2D eigenvalue weighted by atomic mass is 15.3. The van der Waals surface area contributed by atoms with Crippen LogP contribution in [0.5, 0.6) is 0 Å². The molecule has 6 nitrogen and oxygen atoms in total. The SMILES string of the molecule is c1nc(N2CCNCC2)c2ncn(C3CC3)c2n1. The molecule has 3 heterocycles. The highest BCUT2D eigenvalue weighted by Crippen LogP contribution is 2.37. The van der Waals surface area contributed by atoms with E-state index in [9.17, 15) is 0 Å². The molecule has 0 aromatic carbocycles. The second-order valence-electron chi connectivity index (χ2n) is 4.99. The number of hydrogen-bond donors (Lipinski definition) is 1. The molecular formula is C12H16N6. The van der Waals surface area contributed by atoms with Crippen LogP contribution in [0.15, 0.2) is 12.7 Å². The van der Waals surface area contributed by atoms with Crippen LogP contribution in [0.25, 0.3) is 11.2 Å². The largest absolute Gasteiger partial charge is 0.352 e. The minimum Gasteiger partial charge on any atom is -0.352 e. The van der Waals surface area contributed by atoms with E-state index in [0.717, 1.165) is 43.2 Å². The van der Waals surface area contributed by atoms with Crippen molar-refractivity contribution in [3.05, 3.63) is 12.7 Å². The Morgan fingerprint density at radius 2 is 1.94 bits per heavy atom. The van der Waals surface area contributed by atoms with Crippen LogP contribution in [-0.2, 0) is 0 Å². The molecule has 0 atom stereocenters. The average molecular weight is 244 g/mol. The van der Waals surface area contributed by atoms with E-state index in [1.165, 1.54) is 12.8 Å². The predicted octanol–water partition coefficient (Wildman–Crippen LogP) is 0.571. The molecule has 2 aromatic rings. The van der Waals surface area contributed by atoms with Crippen molar-refractivity contribution >= 4 is 17.0 Å². The molecule has 0 unspecified atom stereocenters. The summed E-state index contributed by atoms with van der Waals surface area (Å²) in [5.74, 6) is 0.987. The first-order valence-corrected chi connectivity index (χ1v) is 6.57. The van der Waals surface area contributed by atoms with Gasteiger partial charge in [0.2, 0.25) is 0 Å². The topological polar surface area (TPSA) is 58.9 Å². The van der Waals surface area contributed by atoms with Crippen molar-refractivity contribution < 1.29 is 0 Å². The fourth-order valence-electron chi connectivity index (χ4n) is 2.57. The Morgan fingerprint density at radius 1 is 1.11 bits per heavy atom. The van der Waals surface area contributed by atoms with Crippen LogP contribution in [0.4, 0.5) is 5.82 Å². The van der Waals surface area contributed by atoms with Crippen LogP contribution < -0.4 is 10.2 Å². The number of piperazine rings is 1. The summed E-state index contributed by atoms with van der Waals surface area (Å²) in [5, 5.41) is 3.36. The fraction of sp³-hybridized carbons (Fsp3) is 0.583. The summed E-state index contributed by atoms with van der Waals surface area (Å²) >= 11 is 0. The lowest BCUT2D eigenvalue weighted by atomic mass is 10.3. The Bertz CT molecular complexity index is 567. The molecule has 1 saturated heterocycles. The molecule has 0 amide bonds. The van der Waals surface area contributed by atoms with Gasteiger partial charge in [-0.2, -0.15) is 0 Å². The van der Waals surface area contributed by atoms with Gasteiger partial charge in [-0.3, -0.25) is 0 Å². The summed E-state index contributed by atoms with van der Waals surface area (Å²) in [6.07, 6.45) is 6.08. The number of fused-ring (bicyclic) bond motifs is 1. The monoisotopic (exact) mass is 244 g/mol. The normalized spacial score (nSPS) is 20.6. The molecule has 0 bridgehead atoms. The molecule has 1 N–H and O–H groups in total. The van der Waals surface area contributed by atoms with E-state index in [2.05, 4.69) is 29.7 Å². The van der Waals surface area contributed by atoms with Gasteiger partial charge in [0.15, 0.2) is 17.0 Å². The minimum absolute atomic E-state index is 0.612. The molecule has 0 radical (unpaired) electrons. The highest BCUT2D eigenvalue weighted by molar-refractivity contribution is 5.83. The third-order valence-electron chi connectivity index (χ3n) is 3.70. The second-order valence-corrected chi connectivity index (χ2v) is 4.99. The number of rotatable bonds is 2. The van der Waals surface area contributed by atoms with Crippen LogP contribution in [0.3, 0.4) is 0 Å². The molecule has 94 valence electrons. The molecule has 1 saturated carbocycles. The van der Waals surface area contributed by atoms with Gasteiger partial charge >= 0.3 is 0 Å². The average Bonchev–Trinajstić information content (AvgIpc) is 3.19. The number of nitrogens with zero attached hydrogens (tertiary/aromatic N) is 5. The van der Waals surface area contributed by atoms with E-state index in [1.54, 1.807) is 6.33 Å². The smallest absolute Gasteiger partial charge is 0.165 e. The summed E-state index contributed by atoms with van der Waals surface area (Å²) in [5.41, 5.74) is 1.94. The van der Waals surface area contributed by atoms with Crippen LogP contribution in [0.1, 0.15) is 18.9 Å². The first-order chi connectivity index (χ1) is 8.93. The standard InChI is InChI=1S/C12H16N6/c1-2-9(1)18-8-16-10-11(14-7-15-12(10)18)17-5-3-13-4-6-17/h7-9,13H,1-6H2. The zero-order valence-corrected chi connectivity index (χ0v) is 10.2. The van der Waals surface area contributed by atoms with Crippen molar-refractivity contribution in [3.63, 3.8) is 0 Å². The quantitative estimate of drug-likeness (QED) is 0.837. The van der Waals surface area contributed by atoms with E-state index < -0.39 is 0 Å². The Balaban J connectivity index is 1.80. The third-order valence-corrected chi connectivity index (χ3v) is 3.70. The van der Waals surface area contributed by atoms with E-state index >= 15 is 0 Å². The third kappa shape index (κ3) is 1.56. The Labute approximate surface area is 105 Å². The Morgan fingerprint density at radius 3 is 2.72 bits per heavy atom. The van der Waals surface area contributed by atoms with Gasteiger partial charge in [0.1, 0.15) is 6.33 Å². The van der Waals surface area contributed by atoms with Crippen molar-refractivity contribution in [2.24, 2.45) is 0 Å². The summed E-state index contributed by atoms with van der Waals surface area (Å²) in [7, 11) is 0. The zero-order valence-electron chi connectivity index (χ0n) is 10.2. The molecule has 1 aliphatic heterocycles. The van der Waals surface area contributed by atoms with E-state index in [4.69, 9.17) is 0 Å². The molecule has 2 aromatic heterocycles. The number of anilines is 1. The Kier molecular flexibility index (Phi) is 2.23. The maximum absolute atomic E-state index is 4.53. The lowest BCUT2D eigenvalue weighted by Gasteiger charge is -2.28. The van der Waals surface area contributed by atoms with Gasteiger partial charge < -0.3 is 14.8 Å². The highest BCUT2D eigenvalue weighted by Gasteiger charge is 2.27. The van der Waals surface area contributed by atoms with Crippen LogP contribution in [0.2, 0.25) is 0 Å².